The Kier molecular flexibility index (Phi) is 16.2. The van der Waals surface area contributed by atoms with Crippen molar-refractivity contribution in [2.45, 2.75) is 91.1 Å². The van der Waals surface area contributed by atoms with Crippen LogP contribution < -0.4 is 5.32 Å². The Morgan fingerprint density at radius 2 is 1.73 bits per heavy atom. The molecular weight excluding hydrogens is 689 g/mol. The van der Waals surface area contributed by atoms with Crippen molar-refractivity contribution in [1.29, 1.82) is 0 Å². The predicted octanol–water partition coefficient (Wildman–Crippen LogP) is 9.23. The number of nitrogens with one attached hydrogen (secondary N) is 1. The average molecular weight is 744 g/mol. The summed E-state index contributed by atoms with van der Waals surface area (Å²) >= 11 is 1.52. The van der Waals surface area contributed by atoms with Crippen LogP contribution in [0.1, 0.15) is 70.2 Å². The van der Waals surface area contributed by atoms with E-state index in [2.05, 4.69) is 45.7 Å². The van der Waals surface area contributed by atoms with Gasteiger partial charge in [0.1, 0.15) is 11.6 Å². The quantitative estimate of drug-likeness (QED) is 0.0885. The van der Waals surface area contributed by atoms with E-state index in [1.54, 1.807) is 0 Å². The summed E-state index contributed by atoms with van der Waals surface area (Å²) in [6.45, 7) is 14.3. The molecule has 1 aromatic heterocycles. The summed E-state index contributed by atoms with van der Waals surface area (Å²) in [4.78, 5) is 39.3. The van der Waals surface area contributed by atoms with E-state index < -0.39 is 43.2 Å². The normalized spacial score (nSPS) is 12.4. The highest BCUT2D eigenvalue weighted by Gasteiger charge is 2.37. The maximum absolute atomic E-state index is 15.1. The van der Waals surface area contributed by atoms with E-state index in [1.165, 1.54) is 17.8 Å². The molecule has 0 radical (unpaired) electrons. The Bertz CT molecular complexity index is 1570. The third-order valence-electron chi connectivity index (χ3n) is 8.43. The molecule has 280 valence electrons. The minimum atomic E-state index is -1.35. The number of hydrogen-bond acceptors (Lipinski definition) is 5. The number of carboxylic acid groups (broad SMARTS) is 1. The number of benzene rings is 2. The van der Waals surface area contributed by atoms with Crippen LogP contribution in [0, 0.1) is 17.0 Å². The van der Waals surface area contributed by atoms with E-state index in [1.807, 2.05) is 52.1 Å². The van der Waals surface area contributed by atoms with Crippen molar-refractivity contribution in [1.82, 2.24) is 14.8 Å². The fourth-order valence-corrected chi connectivity index (χ4v) is 7.46. The van der Waals surface area contributed by atoms with Gasteiger partial charge in [-0.25, -0.2) is 13.6 Å². The van der Waals surface area contributed by atoms with Gasteiger partial charge in [-0.2, -0.15) is 11.8 Å². The second kappa shape index (κ2) is 19.8. The summed E-state index contributed by atoms with van der Waals surface area (Å²) in [7, 11) is -1.35. The van der Waals surface area contributed by atoms with Crippen LogP contribution in [0.3, 0.4) is 0 Å². The highest BCUT2D eigenvalue weighted by Crippen LogP contribution is 2.41. The standard InChI is InChI=1S/C39H55F2N3O5SSi/c1-39(2,3)37(34-24-30(32-25-31(40)17-18-33(32)41)27-43(34)26-29-14-9-7-10-15-29)44(35(45)28-50-22-12-8-11-16-36(46)47)20-13-19-42-38(48)49-21-23-51(4,5)6/h7,9-10,14-15,17-18,24-25,27,37H,8,11-13,16,19-23,26,28H2,1-6H3,(H,42,48)(H,46,47). The number of carbonyl (C=O) groups excluding carboxylic acids is 2. The number of ether oxygens (including phenoxy) is 1. The zero-order valence-electron chi connectivity index (χ0n) is 31.0. The third kappa shape index (κ3) is 14.5. The summed E-state index contributed by atoms with van der Waals surface area (Å²) in [6.07, 6.45) is 4.14. The molecule has 1 heterocycles. The number of rotatable bonds is 20. The molecule has 2 aromatic carbocycles. The second-order valence-electron chi connectivity index (χ2n) is 15.2. The first-order valence-electron chi connectivity index (χ1n) is 17.7. The van der Waals surface area contributed by atoms with E-state index in [4.69, 9.17) is 9.84 Å². The molecule has 51 heavy (non-hydrogen) atoms. The number of unbranched alkanes of at least 4 members (excludes halogenated alkanes) is 2. The van der Waals surface area contributed by atoms with Gasteiger partial charge < -0.3 is 24.6 Å². The minimum absolute atomic E-state index is 0.0749. The Morgan fingerprint density at radius 3 is 2.39 bits per heavy atom. The van der Waals surface area contributed by atoms with Gasteiger partial charge >= 0.3 is 12.1 Å². The predicted molar refractivity (Wildman–Crippen MR) is 205 cm³/mol. The van der Waals surface area contributed by atoms with Crippen molar-refractivity contribution in [3.05, 3.63) is 83.7 Å². The van der Waals surface area contributed by atoms with Gasteiger partial charge in [0.15, 0.2) is 0 Å². The number of amides is 2. The van der Waals surface area contributed by atoms with Gasteiger partial charge in [0, 0.05) is 57.1 Å². The maximum Gasteiger partial charge on any atom is 0.407 e. The molecule has 0 saturated carbocycles. The van der Waals surface area contributed by atoms with E-state index >= 15 is 4.39 Å². The number of nitrogens with zero attached hydrogens (tertiary/aromatic N) is 2. The van der Waals surface area contributed by atoms with Crippen LogP contribution in [-0.4, -0.2) is 71.8 Å². The molecule has 0 bridgehead atoms. The molecule has 0 aliphatic carbocycles. The molecule has 0 saturated heterocycles. The third-order valence-corrected chi connectivity index (χ3v) is 11.2. The van der Waals surface area contributed by atoms with Crippen molar-refractivity contribution in [2.75, 3.05) is 31.2 Å². The lowest BCUT2D eigenvalue weighted by atomic mass is 9.83. The topological polar surface area (TPSA) is 101 Å². The summed E-state index contributed by atoms with van der Waals surface area (Å²) in [6, 6.07) is 15.5. The number of thioether (sulfide) groups is 1. The van der Waals surface area contributed by atoms with Gasteiger partial charge in [-0.05, 0) is 66.3 Å². The molecule has 3 rings (SSSR count). The number of halogens is 2. The number of hydrogen-bond donors (Lipinski definition) is 2. The van der Waals surface area contributed by atoms with Crippen LogP contribution in [0.4, 0.5) is 13.6 Å². The van der Waals surface area contributed by atoms with Crippen LogP contribution in [0.25, 0.3) is 11.1 Å². The average Bonchev–Trinajstić information content (AvgIpc) is 3.44. The molecular formula is C39H55F2N3O5SSi. The second-order valence-corrected chi connectivity index (χ2v) is 22.0. The first-order valence-corrected chi connectivity index (χ1v) is 22.6. The Balaban J connectivity index is 1.92. The highest BCUT2D eigenvalue weighted by molar-refractivity contribution is 7.99. The highest BCUT2D eigenvalue weighted by atomic mass is 32.2. The first-order chi connectivity index (χ1) is 24.0. The number of aromatic nitrogens is 1. The lowest BCUT2D eigenvalue weighted by molar-refractivity contribution is -0.137. The zero-order valence-corrected chi connectivity index (χ0v) is 32.8. The number of carboxylic acids is 1. The smallest absolute Gasteiger partial charge is 0.407 e. The Labute approximate surface area is 307 Å². The SMILES string of the molecule is CC(C)(C)C(c1cc(-c2cc(F)ccc2F)cn1Cc1ccccc1)N(CCCNC(=O)OCC[Si](C)(C)C)C(=O)CSCCCCCC(=O)O. The zero-order chi connectivity index (χ0) is 37.6. The molecule has 0 fully saturated rings. The van der Waals surface area contributed by atoms with E-state index in [9.17, 15) is 18.8 Å². The van der Waals surface area contributed by atoms with Crippen LogP contribution in [-0.2, 0) is 20.9 Å². The number of carbonyl (C=O) groups is 3. The molecule has 1 unspecified atom stereocenters. The lowest BCUT2D eigenvalue weighted by Gasteiger charge is -2.41. The number of aliphatic carboxylic acids is 1. The fraction of sp³-hybridized carbons (Fsp3) is 0.513. The Morgan fingerprint density at radius 1 is 1.00 bits per heavy atom. The summed E-state index contributed by atoms with van der Waals surface area (Å²) in [5, 5.41) is 11.7. The maximum atomic E-state index is 15.1. The van der Waals surface area contributed by atoms with E-state index in [0.717, 1.165) is 48.0 Å². The molecule has 2 N–H and O–H groups in total. The van der Waals surface area contributed by atoms with Crippen molar-refractivity contribution < 1.29 is 33.0 Å². The summed E-state index contributed by atoms with van der Waals surface area (Å²) < 4.78 is 36.9. The molecule has 0 spiro atoms. The molecule has 0 aliphatic rings. The van der Waals surface area contributed by atoms with Gasteiger partial charge in [-0.15, -0.1) is 0 Å². The largest absolute Gasteiger partial charge is 0.481 e. The van der Waals surface area contributed by atoms with Gasteiger partial charge in [-0.1, -0.05) is 77.2 Å². The van der Waals surface area contributed by atoms with Crippen molar-refractivity contribution in [2.24, 2.45) is 5.41 Å². The van der Waals surface area contributed by atoms with E-state index in [0.29, 0.717) is 44.6 Å². The Hall–Kier alpha value is -3.64. The molecule has 3 aromatic rings. The first kappa shape index (κ1) is 41.8. The van der Waals surface area contributed by atoms with Gasteiger partial charge in [-0.3, -0.25) is 9.59 Å². The summed E-state index contributed by atoms with van der Waals surface area (Å²) in [5.41, 5.74) is 1.98. The van der Waals surface area contributed by atoms with Crippen LogP contribution >= 0.6 is 11.8 Å². The summed E-state index contributed by atoms with van der Waals surface area (Å²) in [5.74, 6) is -1.02. The van der Waals surface area contributed by atoms with Gasteiger partial charge in [0.25, 0.3) is 0 Å². The van der Waals surface area contributed by atoms with Crippen molar-refractivity contribution in [3.8, 4) is 11.1 Å². The number of alkyl carbamates (subject to hydrolysis) is 1. The molecule has 12 heteroatoms. The van der Waals surface area contributed by atoms with Crippen molar-refractivity contribution in [3.63, 3.8) is 0 Å². The molecule has 0 aliphatic heterocycles. The lowest BCUT2D eigenvalue weighted by Crippen LogP contribution is -2.44. The van der Waals surface area contributed by atoms with Gasteiger partial charge in [0.2, 0.25) is 5.91 Å². The van der Waals surface area contributed by atoms with Crippen LogP contribution in [0.2, 0.25) is 25.7 Å². The molecule has 2 amide bonds. The monoisotopic (exact) mass is 743 g/mol. The van der Waals surface area contributed by atoms with E-state index in [-0.39, 0.29) is 23.6 Å². The van der Waals surface area contributed by atoms with Crippen LogP contribution in [0.15, 0.2) is 60.8 Å². The molecule has 8 nitrogen and oxygen atoms in total. The van der Waals surface area contributed by atoms with Crippen LogP contribution in [0.5, 0.6) is 0 Å². The van der Waals surface area contributed by atoms with Gasteiger partial charge in [0.05, 0.1) is 18.4 Å². The van der Waals surface area contributed by atoms with Crippen molar-refractivity contribution >= 4 is 37.8 Å². The fourth-order valence-electron chi connectivity index (χ4n) is 5.85. The minimum Gasteiger partial charge on any atom is -0.481 e. The molecule has 1 atom stereocenters.